The topological polar surface area (TPSA) is 89.2 Å². The van der Waals surface area contributed by atoms with E-state index in [-0.39, 0.29) is 18.1 Å². The van der Waals surface area contributed by atoms with Crippen LogP contribution < -0.4 is 0 Å². The number of amides is 1. The van der Waals surface area contributed by atoms with Gasteiger partial charge in [0.1, 0.15) is 4.88 Å². The van der Waals surface area contributed by atoms with E-state index in [0.29, 0.717) is 22.6 Å². The number of nitro benzene ring substituents is 1. The van der Waals surface area contributed by atoms with Gasteiger partial charge in [0.2, 0.25) is 0 Å². The Morgan fingerprint density at radius 3 is 2.81 bits per heavy atom. The minimum absolute atomic E-state index is 0.00953. The number of nitrogens with zero attached hydrogens (tertiary/aromatic N) is 4. The minimum Gasteiger partial charge on any atom is -0.336 e. The molecule has 0 fully saturated rings. The summed E-state index contributed by atoms with van der Waals surface area (Å²) in [5.41, 5.74) is 1.16. The zero-order chi connectivity index (χ0) is 15.4. The van der Waals surface area contributed by atoms with Crippen LogP contribution in [0, 0.1) is 10.1 Å². The highest BCUT2D eigenvalue weighted by molar-refractivity contribution is 7.07. The second-order valence-corrected chi connectivity index (χ2v) is 5.20. The van der Waals surface area contributed by atoms with Gasteiger partial charge in [0, 0.05) is 18.7 Å². The van der Waals surface area contributed by atoms with E-state index in [1.165, 1.54) is 11.0 Å². The zero-order valence-electron chi connectivity index (χ0n) is 11.6. The van der Waals surface area contributed by atoms with Crippen LogP contribution in [0.4, 0.5) is 5.69 Å². The molecule has 1 aromatic heterocycles. The molecule has 0 spiro atoms. The summed E-state index contributed by atoms with van der Waals surface area (Å²) in [6, 6.07) is 6.39. The molecule has 0 radical (unpaired) electrons. The van der Waals surface area contributed by atoms with Crippen LogP contribution in [0.2, 0.25) is 0 Å². The van der Waals surface area contributed by atoms with Crippen molar-refractivity contribution in [2.45, 2.75) is 19.9 Å². The summed E-state index contributed by atoms with van der Waals surface area (Å²) in [7, 11) is 1.61. The van der Waals surface area contributed by atoms with Crippen molar-refractivity contribution < 1.29 is 9.72 Å². The average molecular weight is 306 g/mol. The number of benzene rings is 1. The lowest BCUT2D eigenvalue weighted by Gasteiger charge is -2.16. The van der Waals surface area contributed by atoms with Crippen molar-refractivity contribution in [1.29, 1.82) is 0 Å². The van der Waals surface area contributed by atoms with E-state index in [0.717, 1.165) is 11.5 Å². The summed E-state index contributed by atoms with van der Waals surface area (Å²) in [5.74, 6) is -0.222. The van der Waals surface area contributed by atoms with Crippen molar-refractivity contribution in [1.82, 2.24) is 14.5 Å². The third-order valence-corrected chi connectivity index (χ3v) is 3.78. The first kappa shape index (κ1) is 15.0. The molecule has 2 rings (SSSR count). The summed E-state index contributed by atoms with van der Waals surface area (Å²) in [5, 5.41) is 14.9. The highest BCUT2D eigenvalue weighted by atomic mass is 32.1. The van der Waals surface area contributed by atoms with Gasteiger partial charge in [-0.1, -0.05) is 29.6 Å². The zero-order valence-corrected chi connectivity index (χ0v) is 12.5. The lowest BCUT2D eigenvalue weighted by molar-refractivity contribution is -0.385. The minimum atomic E-state index is -0.445. The lowest BCUT2D eigenvalue weighted by Crippen LogP contribution is -2.26. The van der Waals surface area contributed by atoms with Gasteiger partial charge in [0.15, 0.2) is 0 Å². The van der Waals surface area contributed by atoms with Crippen LogP contribution in [-0.2, 0) is 13.0 Å². The molecule has 0 saturated heterocycles. The SMILES string of the molecule is CCc1nnsc1C(=O)N(C)Cc1ccccc1[N+](=O)[O-]. The number of carbonyl (C=O) groups excluding carboxylic acids is 1. The van der Waals surface area contributed by atoms with Crippen molar-refractivity contribution in [3.63, 3.8) is 0 Å². The second-order valence-electron chi connectivity index (χ2n) is 4.45. The van der Waals surface area contributed by atoms with Crippen LogP contribution in [-0.4, -0.2) is 32.4 Å². The Kier molecular flexibility index (Phi) is 4.59. The Morgan fingerprint density at radius 1 is 1.43 bits per heavy atom. The summed E-state index contributed by atoms with van der Waals surface area (Å²) in [4.78, 5) is 24.8. The standard InChI is InChI=1S/C13H14N4O3S/c1-3-10-12(21-15-14-10)13(18)16(2)8-9-6-4-5-7-11(9)17(19)20/h4-7H,3,8H2,1-2H3. The maximum atomic E-state index is 12.4. The molecule has 0 aliphatic heterocycles. The number of para-hydroxylation sites is 1. The first-order chi connectivity index (χ1) is 10.0. The van der Waals surface area contributed by atoms with Crippen LogP contribution in [0.1, 0.15) is 27.9 Å². The van der Waals surface area contributed by atoms with Crippen LogP contribution in [0.15, 0.2) is 24.3 Å². The number of aromatic nitrogens is 2. The number of nitro groups is 1. The molecule has 110 valence electrons. The van der Waals surface area contributed by atoms with E-state index in [1.807, 2.05) is 6.92 Å². The van der Waals surface area contributed by atoms with Crippen molar-refractivity contribution in [2.24, 2.45) is 0 Å². The number of aryl methyl sites for hydroxylation is 1. The first-order valence-corrected chi connectivity index (χ1v) is 7.11. The quantitative estimate of drug-likeness (QED) is 0.624. The molecule has 8 heteroatoms. The smallest absolute Gasteiger partial charge is 0.274 e. The third kappa shape index (κ3) is 3.22. The van der Waals surface area contributed by atoms with Crippen LogP contribution >= 0.6 is 11.5 Å². The number of rotatable bonds is 5. The Labute approximate surface area is 125 Å². The van der Waals surface area contributed by atoms with Gasteiger partial charge in [0.25, 0.3) is 11.6 Å². The summed E-state index contributed by atoms with van der Waals surface area (Å²) in [6.45, 7) is 2.06. The van der Waals surface area contributed by atoms with Gasteiger partial charge in [-0.15, -0.1) is 5.10 Å². The molecule has 2 aromatic rings. The molecular weight excluding hydrogens is 292 g/mol. The molecule has 1 heterocycles. The van der Waals surface area contributed by atoms with E-state index < -0.39 is 4.92 Å². The molecule has 0 aliphatic rings. The maximum absolute atomic E-state index is 12.4. The average Bonchev–Trinajstić information content (AvgIpc) is 2.95. The van der Waals surface area contributed by atoms with Crippen molar-refractivity contribution in [3.8, 4) is 0 Å². The molecule has 0 unspecified atom stereocenters. The lowest BCUT2D eigenvalue weighted by atomic mass is 10.1. The molecule has 0 N–H and O–H groups in total. The third-order valence-electron chi connectivity index (χ3n) is 3.03. The number of carbonyl (C=O) groups is 1. The van der Waals surface area contributed by atoms with Gasteiger partial charge in [-0.3, -0.25) is 14.9 Å². The maximum Gasteiger partial charge on any atom is 0.274 e. The van der Waals surface area contributed by atoms with Crippen LogP contribution in [0.25, 0.3) is 0 Å². The fourth-order valence-electron chi connectivity index (χ4n) is 1.93. The molecule has 7 nitrogen and oxygen atoms in total. The van der Waals surface area contributed by atoms with E-state index in [1.54, 1.807) is 25.2 Å². The fraction of sp³-hybridized carbons (Fsp3) is 0.308. The summed E-state index contributed by atoms with van der Waals surface area (Å²) in [6.07, 6.45) is 0.622. The molecule has 0 bridgehead atoms. The van der Waals surface area contributed by atoms with Crippen LogP contribution in [0.5, 0.6) is 0 Å². The molecule has 21 heavy (non-hydrogen) atoms. The Balaban J connectivity index is 2.20. The van der Waals surface area contributed by atoms with Crippen molar-refractivity contribution in [3.05, 3.63) is 50.5 Å². The molecule has 1 amide bonds. The van der Waals surface area contributed by atoms with E-state index >= 15 is 0 Å². The van der Waals surface area contributed by atoms with Gasteiger partial charge in [-0.2, -0.15) is 0 Å². The number of hydrogen-bond donors (Lipinski definition) is 0. The highest BCUT2D eigenvalue weighted by Gasteiger charge is 2.21. The Bertz CT molecular complexity index is 671. The van der Waals surface area contributed by atoms with E-state index in [2.05, 4.69) is 9.59 Å². The molecular formula is C13H14N4O3S. The van der Waals surface area contributed by atoms with Gasteiger partial charge >= 0.3 is 0 Å². The van der Waals surface area contributed by atoms with E-state index in [9.17, 15) is 14.9 Å². The summed E-state index contributed by atoms with van der Waals surface area (Å²) >= 11 is 1.05. The van der Waals surface area contributed by atoms with Crippen LogP contribution in [0.3, 0.4) is 0 Å². The van der Waals surface area contributed by atoms with Gasteiger partial charge in [0.05, 0.1) is 17.2 Å². The van der Waals surface area contributed by atoms with Gasteiger partial charge < -0.3 is 4.90 Å². The molecule has 0 atom stereocenters. The predicted octanol–water partition coefficient (Wildman–Crippen LogP) is 2.28. The predicted molar refractivity (Wildman–Crippen MR) is 78.2 cm³/mol. The van der Waals surface area contributed by atoms with Crippen molar-refractivity contribution >= 4 is 23.1 Å². The van der Waals surface area contributed by atoms with Gasteiger partial charge in [-0.25, -0.2) is 0 Å². The molecule has 0 saturated carbocycles. The van der Waals surface area contributed by atoms with Gasteiger partial charge in [-0.05, 0) is 18.0 Å². The first-order valence-electron chi connectivity index (χ1n) is 6.33. The largest absolute Gasteiger partial charge is 0.336 e. The Morgan fingerprint density at radius 2 is 2.14 bits per heavy atom. The number of hydrogen-bond acceptors (Lipinski definition) is 6. The molecule has 0 aliphatic carbocycles. The fourth-order valence-corrected chi connectivity index (χ4v) is 2.67. The summed E-state index contributed by atoms with van der Waals surface area (Å²) < 4.78 is 3.79. The van der Waals surface area contributed by atoms with Crippen molar-refractivity contribution in [2.75, 3.05) is 7.05 Å². The monoisotopic (exact) mass is 306 g/mol. The normalized spacial score (nSPS) is 10.4. The van der Waals surface area contributed by atoms with E-state index in [4.69, 9.17) is 0 Å². The second kappa shape index (κ2) is 6.40. The molecule has 1 aromatic carbocycles. The highest BCUT2D eigenvalue weighted by Crippen LogP contribution is 2.21. The Hall–Kier alpha value is -2.35.